The van der Waals surface area contributed by atoms with Crippen LogP contribution in [0.5, 0.6) is 0 Å². The van der Waals surface area contributed by atoms with Crippen LogP contribution in [-0.4, -0.2) is 35.5 Å². The summed E-state index contributed by atoms with van der Waals surface area (Å²) >= 11 is 0. The molecule has 1 heterocycles. The number of aromatic nitrogens is 2. The van der Waals surface area contributed by atoms with Crippen molar-refractivity contribution < 1.29 is 13.5 Å². The average molecular weight is 287 g/mol. The zero-order chi connectivity index (χ0) is 14.1. The van der Waals surface area contributed by atoms with E-state index in [1.54, 1.807) is 7.05 Å². The molecule has 0 amide bonds. The zero-order valence-corrected chi connectivity index (χ0v) is 12.2. The lowest BCUT2D eigenvalue weighted by Gasteiger charge is -2.38. The van der Waals surface area contributed by atoms with Crippen LogP contribution in [0.25, 0.3) is 0 Å². The number of aliphatic hydroxyl groups excluding tert-OH is 1. The molecule has 7 heteroatoms. The normalized spacial score (nSPS) is 28.5. The monoisotopic (exact) mass is 287 g/mol. The van der Waals surface area contributed by atoms with Crippen LogP contribution in [0.4, 0.5) is 0 Å². The van der Waals surface area contributed by atoms with Gasteiger partial charge in [0.2, 0.25) is 0 Å². The second-order valence-corrected chi connectivity index (χ2v) is 7.15. The highest BCUT2D eigenvalue weighted by Gasteiger charge is 2.38. The van der Waals surface area contributed by atoms with Crippen LogP contribution in [0, 0.1) is 5.92 Å². The maximum atomic E-state index is 12.3. The van der Waals surface area contributed by atoms with Gasteiger partial charge in [-0.15, -0.1) is 0 Å². The Hall–Kier alpha value is -0.920. The summed E-state index contributed by atoms with van der Waals surface area (Å²) in [5.41, 5.74) is -0.727. The van der Waals surface area contributed by atoms with Crippen molar-refractivity contribution >= 4 is 10.0 Å². The van der Waals surface area contributed by atoms with Gasteiger partial charge in [-0.3, -0.25) is 4.68 Å². The first-order chi connectivity index (χ1) is 8.88. The first kappa shape index (κ1) is 14.5. The smallest absolute Gasteiger partial charge is 0.258 e. The number of hydrogen-bond donors (Lipinski definition) is 2. The molecule has 19 heavy (non-hydrogen) atoms. The van der Waals surface area contributed by atoms with E-state index < -0.39 is 15.6 Å². The summed E-state index contributed by atoms with van der Waals surface area (Å²) in [7, 11) is -2.06. The van der Waals surface area contributed by atoms with Gasteiger partial charge in [-0.1, -0.05) is 6.92 Å². The third kappa shape index (κ3) is 2.98. The van der Waals surface area contributed by atoms with Crippen LogP contribution >= 0.6 is 0 Å². The van der Waals surface area contributed by atoms with Crippen LogP contribution in [-0.2, 0) is 17.1 Å². The quantitative estimate of drug-likeness (QED) is 0.851. The third-order valence-corrected chi connectivity index (χ3v) is 5.59. The molecular weight excluding hydrogens is 266 g/mol. The SMILES string of the molecule is CC1CCC(CO)(NS(=O)(=O)c2ccnn2C)CC1. The lowest BCUT2D eigenvalue weighted by Crippen LogP contribution is -2.53. The number of rotatable bonds is 4. The molecule has 1 aliphatic rings. The molecule has 1 aromatic heterocycles. The highest BCUT2D eigenvalue weighted by Crippen LogP contribution is 2.32. The molecular formula is C12H21N3O3S. The fourth-order valence-electron chi connectivity index (χ4n) is 2.57. The molecule has 0 unspecified atom stereocenters. The summed E-state index contributed by atoms with van der Waals surface area (Å²) in [4.78, 5) is 0. The summed E-state index contributed by atoms with van der Waals surface area (Å²) in [5, 5.41) is 13.6. The number of sulfonamides is 1. The standard InChI is InChI=1S/C12H21N3O3S/c1-10-3-6-12(9-16,7-4-10)14-19(17,18)11-5-8-13-15(11)2/h5,8,10,14,16H,3-4,6-7,9H2,1-2H3. The minimum Gasteiger partial charge on any atom is -0.394 e. The molecule has 1 aromatic rings. The van der Waals surface area contributed by atoms with Crippen LogP contribution in [0.3, 0.4) is 0 Å². The molecule has 1 saturated carbocycles. The van der Waals surface area contributed by atoms with Crippen molar-refractivity contribution in [2.45, 2.75) is 43.2 Å². The van der Waals surface area contributed by atoms with E-state index in [1.165, 1.54) is 16.9 Å². The predicted molar refractivity (Wildman–Crippen MR) is 71.0 cm³/mol. The van der Waals surface area contributed by atoms with Gasteiger partial charge < -0.3 is 5.11 Å². The second-order valence-electron chi connectivity index (χ2n) is 5.52. The Morgan fingerprint density at radius 2 is 2.16 bits per heavy atom. The van der Waals surface area contributed by atoms with Crippen molar-refractivity contribution in [2.75, 3.05) is 6.61 Å². The molecule has 0 atom stereocenters. The molecule has 108 valence electrons. The molecule has 0 saturated heterocycles. The topological polar surface area (TPSA) is 84.2 Å². The van der Waals surface area contributed by atoms with Crippen molar-refractivity contribution in [3.63, 3.8) is 0 Å². The molecule has 0 aliphatic heterocycles. The predicted octanol–water partition coefficient (Wildman–Crippen LogP) is 0.640. The Morgan fingerprint density at radius 3 is 2.63 bits per heavy atom. The Labute approximate surface area is 113 Å². The number of aliphatic hydroxyl groups is 1. The van der Waals surface area contributed by atoms with E-state index in [0.29, 0.717) is 18.8 Å². The Balaban J connectivity index is 2.21. The summed E-state index contributed by atoms with van der Waals surface area (Å²) in [5.74, 6) is 0.584. The minimum atomic E-state index is -3.64. The van der Waals surface area contributed by atoms with Crippen LogP contribution < -0.4 is 4.72 Å². The van der Waals surface area contributed by atoms with Crippen molar-refractivity contribution in [3.05, 3.63) is 12.3 Å². The third-order valence-electron chi connectivity index (χ3n) is 3.94. The van der Waals surface area contributed by atoms with Gasteiger partial charge in [-0.05, 0) is 37.7 Å². The van der Waals surface area contributed by atoms with Crippen molar-refractivity contribution in [1.29, 1.82) is 0 Å². The van der Waals surface area contributed by atoms with Gasteiger partial charge in [-0.25, -0.2) is 13.1 Å². The van der Waals surface area contributed by atoms with Crippen molar-refractivity contribution in [2.24, 2.45) is 13.0 Å². The minimum absolute atomic E-state index is 0.124. The summed E-state index contributed by atoms with van der Waals surface area (Å²) in [6.45, 7) is 1.98. The van der Waals surface area contributed by atoms with E-state index in [-0.39, 0.29) is 11.6 Å². The first-order valence-electron chi connectivity index (χ1n) is 6.51. The molecule has 0 radical (unpaired) electrons. The molecule has 0 bridgehead atoms. The zero-order valence-electron chi connectivity index (χ0n) is 11.3. The van der Waals surface area contributed by atoms with Crippen LogP contribution in [0.15, 0.2) is 17.3 Å². The largest absolute Gasteiger partial charge is 0.394 e. The molecule has 1 fully saturated rings. The Kier molecular flexibility index (Phi) is 3.98. The van der Waals surface area contributed by atoms with Crippen LogP contribution in [0.1, 0.15) is 32.6 Å². The average Bonchev–Trinajstić information content (AvgIpc) is 2.79. The molecule has 2 rings (SSSR count). The lowest BCUT2D eigenvalue weighted by atomic mass is 9.78. The number of hydrogen-bond acceptors (Lipinski definition) is 4. The molecule has 2 N–H and O–H groups in total. The number of nitrogens with zero attached hydrogens (tertiary/aromatic N) is 2. The Morgan fingerprint density at radius 1 is 1.53 bits per heavy atom. The Bertz CT molecular complexity index is 530. The maximum Gasteiger partial charge on any atom is 0.258 e. The highest BCUT2D eigenvalue weighted by molar-refractivity contribution is 7.89. The fraction of sp³-hybridized carbons (Fsp3) is 0.750. The molecule has 1 aliphatic carbocycles. The fourth-order valence-corrected chi connectivity index (χ4v) is 4.15. The van der Waals surface area contributed by atoms with Gasteiger partial charge in [0.15, 0.2) is 5.03 Å². The molecule has 0 spiro atoms. The van der Waals surface area contributed by atoms with Crippen molar-refractivity contribution in [3.8, 4) is 0 Å². The highest BCUT2D eigenvalue weighted by atomic mass is 32.2. The van der Waals surface area contributed by atoms with E-state index in [9.17, 15) is 13.5 Å². The van der Waals surface area contributed by atoms with E-state index in [2.05, 4.69) is 16.7 Å². The van der Waals surface area contributed by atoms with E-state index in [1.807, 2.05) is 0 Å². The summed E-state index contributed by atoms with van der Waals surface area (Å²) in [6, 6.07) is 1.46. The van der Waals surface area contributed by atoms with Crippen molar-refractivity contribution in [1.82, 2.24) is 14.5 Å². The van der Waals surface area contributed by atoms with E-state index in [0.717, 1.165) is 12.8 Å². The summed E-state index contributed by atoms with van der Waals surface area (Å²) in [6.07, 6.45) is 4.63. The lowest BCUT2D eigenvalue weighted by molar-refractivity contribution is 0.125. The second kappa shape index (κ2) is 5.22. The van der Waals surface area contributed by atoms with Gasteiger partial charge in [0.1, 0.15) is 0 Å². The molecule has 6 nitrogen and oxygen atoms in total. The number of aryl methyl sites for hydroxylation is 1. The van der Waals surface area contributed by atoms with Gasteiger partial charge in [-0.2, -0.15) is 5.10 Å². The van der Waals surface area contributed by atoms with E-state index in [4.69, 9.17) is 0 Å². The van der Waals surface area contributed by atoms with Gasteiger partial charge in [0, 0.05) is 7.05 Å². The molecule has 0 aromatic carbocycles. The van der Waals surface area contributed by atoms with E-state index >= 15 is 0 Å². The number of nitrogens with one attached hydrogen (secondary N) is 1. The summed E-state index contributed by atoms with van der Waals surface area (Å²) < 4.78 is 28.7. The van der Waals surface area contributed by atoms with Crippen LogP contribution in [0.2, 0.25) is 0 Å². The maximum absolute atomic E-state index is 12.3. The van der Waals surface area contributed by atoms with Gasteiger partial charge in [0.05, 0.1) is 18.3 Å². The van der Waals surface area contributed by atoms with Gasteiger partial charge >= 0.3 is 0 Å². The van der Waals surface area contributed by atoms with Gasteiger partial charge in [0.25, 0.3) is 10.0 Å². The first-order valence-corrected chi connectivity index (χ1v) is 8.00.